The molecule has 0 bridgehead atoms. The molecule has 4 aromatic rings. The van der Waals surface area contributed by atoms with Crippen LogP contribution in [0.2, 0.25) is 0 Å². The Balaban J connectivity index is 1.47. The van der Waals surface area contributed by atoms with Crippen LogP contribution in [0.5, 0.6) is 5.75 Å². The fraction of sp³-hybridized carbons (Fsp3) is 0.312. The molecular weight excluding hydrogens is 458 g/mol. The first-order valence-corrected chi connectivity index (χ1v) is 13.2. The highest BCUT2D eigenvalue weighted by atomic mass is 16.5. The van der Waals surface area contributed by atoms with Gasteiger partial charge in [-0.15, -0.1) is 0 Å². The van der Waals surface area contributed by atoms with Crippen molar-refractivity contribution in [3.8, 4) is 5.75 Å². The van der Waals surface area contributed by atoms with E-state index in [0.29, 0.717) is 13.0 Å². The fourth-order valence-electron chi connectivity index (χ4n) is 4.64. The number of aromatic amines is 1. The van der Waals surface area contributed by atoms with E-state index in [9.17, 15) is 4.79 Å². The molecule has 0 aliphatic heterocycles. The van der Waals surface area contributed by atoms with E-state index < -0.39 is 0 Å². The van der Waals surface area contributed by atoms with Crippen LogP contribution in [0.1, 0.15) is 62.1 Å². The van der Waals surface area contributed by atoms with Gasteiger partial charge in [-0.05, 0) is 71.4 Å². The molecule has 5 heteroatoms. The Bertz CT molecular complexity index is 1320. The quantitative estimate of drug-likeness (QED) is 0.165. The van der Waals surface area contributed by atoms with E-state index in [1.807, 2.05) is 20.3 Å². The van der Waals surface area contributed by atoms with E-state index in [1.54, 1.807) is 4.90 Å². The highest BCUT2D eigenvalue weighted by Crippen LogP contribution is 2.36. The molecule has 5 nitrogen and oxygen atoms in total. The van der Waals surface area contributed by atoms with Crippen molar-refractivity contribution in [1.82, 2.24) is 15.1 Å². The van der Waals surface area contributed by atoms with E-state index in [-0.39, 0.29) is 5.91 Å². The van der Waals surface area contributed by atoms with Gasteiger partial charge in [-0.1, -0.05) is 68.3 Å². The molecule has 4 rings (SSSR count). The second kappa shape index (κ2) is 12.9. The zero-order valence-corrected chi connectivity index (χ0v) is 22.2. The summed E-state index contributed by atoms with van der Waals surface area (Å²) in [7, 11) is 3.62. The van der Waals surface area contributed by atoms with E-state index in [2.05, 4.69) is 89.9 Å². The molecule has 0 atom stereocenters. The summed E-state index contributed by atoms with van der Waals surface area (Å²) >= 11 is 0. The van der Waals surface area contributed by atoms with Crippen molar-refractivity contribution in [2.75, 3.05) is 20.7 Å². The molecule has 0 unspecified atom stereocenters. The van der Waals surface area contributed by atoms with Crippen LogP contribution in [-0.4, -0.2) is 41.7 Å². The first-order chi connectivity index (χ1) is 18.1. The number of amides is 1. The number of carbonyl (C=O) groups excluding carboxylic acids is 1. The molecule has 0 saturated carbocycles. The van der Waals surface area contributed by atoms with Crippen molar-refractivity contribution in [1.29, 1.82) is 0 Å². The first kappa shape index (κ1) is 26.2. The number of nitrogens with zero attached hydrogens (tertiary/aromatic N) is 2. The van der Waals surface area contributed by atoms with Gasteiger partial charge in [0.05, 0.1) is 18.3 Å². The molecular formula is C32H37N3O2. The van der Waals surface area contributed by atoms with Crippen LogP contribution in [-0.2, 0) is 4.79 Å². The van der Waals surface area contributed by atoms with Gasteiger partial charge in [-0.3, -0.25) is 9.89 Å². The number of H-pyrrole nitrogens is 1. The molecule has 3 aromatic carbocycles. The fourth-order valence-corrected chi connectivity index (χ4v) is 4.64. The second-order valence-corrected chi connectivity index (χ2v) is 9.57. The smallest absolute Gasteiger partial charge is 0.222 e. The summed E-state index contributed by atoms with van der Waals surface area (Å²) in [4.78, 5) is 13.3. The standard InChI is InChI=1S/C32H37N3O2/c1-4-29(24-12-8-7-9-13-24)32(26-17-20-30-27(22-26)23-33-34-30)25-15-18-28(19-16-25)37-21-11-6-5-10-14-31(36)35(2)3/h7-9,12-13,15-20,22-23H,4-6,10-11,14,21H2,1-3H3,(H,33,34)/b32-29+. The lowest BCUT2D eigenvalue weighted by Gasteiger charge is -2.17. The summed E-state index contributed by atoms with van der Waals surface area (Å²) in [6, 6.07) is 25.6. The number of ether oxygens (including phenoxy) is 1. The van der Waals surface area contributed by atoms with Crippen LogP contribution in [0.25, 0.3) is 22.0 Å². The predicted octanol–water partition coefficient (Wildman–Crippen LogP) is 7.35. The van der Waals surface area contributed by atoms with Gasteiger partial charge in [-0.25, -0.2) is 0 Å². The van der Waals surface area contributed by atoms with Gasteiger partial charge in [0.25, 0.3) is 0 Å². The Kier molecular flexibility index (Phi) is 9.14. The van der Waals surface area contributed by atoms with Gasteiger partial charge in [-0.2, -0.15) is 5.10 Å². The SMILES string of the molecule is CC/C(=C(/c1ccc(OCCCCCCC(=O)N(C)C)cc1)c1ccc2[nH]ncc2c1)c1ccccc1. The third-order valence-corrected chi connectivity index (χ3v) is 6.70. The number of hydrogen-bond donors (Lipinski definition) is 1. The van der Waals surface area contributed by atoms with Gasteiger partial charge < -0.3 is 9.64 Å². The van der Waals surface area contributed by atoms with Crippen LogP contribution in [0.4, 0.5) is 0 Å². The molecule has 37 heavy (non-hydrogen) atoms. The average Bonchev–Trinajstić information content (AvgIpc) is 3.40. The molecule has 192 valence electrons. The number of benzene rings is 3. The molecule has 1 heterocycles. The maximum atomic E-state index is 11.7. The summed E-state index contributed by atoms with van der Waals surface area (Å²) in [6.07, 6.45) is 7.47. The van der Waals surface area contributed by atoms with Crippen LogP contribution in [0.15, 0.2) is 79.0 Å². The Hall–Kier alpha value is -3.86. The Morgan fingerprint density at radius 1 is 0.865 bits per heavy atom. The normalized spacial score (nSPS) is 11.9. The van der Waals surface area contributed by atoms with Crippen molar-refractivity contribution in [3.63, 3.8) is 0 Å². The second-order valence-electron chi connectivity index (χ2n) is 9.57. The number of fused-ring (bicyclic) bond motifs is 1. The number of aromatic nitrogens is 2. The maximum absolute atomic E-state index is 11.7. The van der Waals surface area contributed by atoms with Crippen molar-refractivity contribution in [2.45, 2.75) is 45.4 Å². The van der Waals surface area contributed by atoms with Gasteiger partial charge in [0, 0.05) is 25.9 Å². The predicted molar refractivity (Wildman–Crippen MR) is 152 cm³/mol. The molecule has 1 amide bonds. The highest BCUT2D eigenvalue weighted by Gasteiger charge is 2.14. The zero-order chi connectivity index (χ0) is 26.0. The van der Waals surface area contributed by atoms with Crippen molar-refractivity contribution < 1.29 is 9.53 Å². The molecule has 0 aliphatic carbocycles. The summed E-state index contributed by atoms with van der Waals surface area (Å²) in [5.41, 5.74) is 7.16. The minimum Gasteiger partial charge on any atom is -0.494 e. The third kappa shape index (κ3) is 6.88. The van der Waals surface area contributed by atoms with Crippen molar-refractivity contribution >= 4 is 28.0 Å². The largest absolute Gasteiger partial charge is 0.494 e. The molecule has 0 radical (unpaired) electrons. The average molecular weight is 496 g/mol. The van der Waals surface area contributed by atoms with Crippen LogP contribution >= 0.6 is 0 Å². The van der Waals surface area contributed by atoms with Crippen LogP contribution < -0.4 is 4.74 Å². The summed E-state index contributed by atoms with van der Waals surface area (Å²) in [6.45, 7) is 2.90. The minimum absolute atomic E-state index is 0.202. The number of allylic oxidation sites excluding steroid dienone is 1. The number of unbranched alkanes of at least 4 members (excludes halogenated alkanes) is 3. The lowest BCUT2D eigenvalue weighted by Crippen LogP contribution is -2.20. The lowest BCUT2D eigenvalue weighted by molar-refractivity contribution is -0.128. The maximum Gasteiger partial charge on any atom is 0.222 e. The van der Waals surface area contributed by atoms with Crippen molar-refractivity contribution in [2.24, 2.45) is 0 Å². The molecule has 1 N–H and O–H groups in total. The van der Waals surface area contributed by atoms with E-state index in [4.69, 9.17) is 4.74 Å². The highest BCUT2D eigenvalue weighted by molar-refractivity contribution is 6.00. The first-order valence-electron chi connectivity index (χ1n) is 13.2. The Morgan fingerprint density at radius 2 is 1.59 bits per heavy atom. The molecule has 0 spiro atoms. The third-order valence-electron chi connectivity index (χ3n) is 6.70. The zero-order valence-electron chi connectivity index (χ0n) is 22.2. The number of carbonyl (C=O) groups is 1. The van der Waals surface area contributed by atoms with Gasteiger partial charge >= 0.3 is 0 Å². The molecule has 0 fully saturated rings. The monoisotopic (exact) mass is 495 g/mol. The molecule has 0 aliphatic rings. The van der Waals surface area contributed by atoms with Gasteiger partial charge in [0.2, 0.25) is 5.91 Å². The van der Waals surface area contributed by atoms with E-state index >= 15 is 0 Å². The number of rotatable bonds is 12. The Morgan fingerprint density at radius 3 is 2.32 bits per heavy atom. The van der Waals surface area contributed by atoms with E-state index in [0.717, 1.165) is 48.8 Å². The molecule has 1 aromatic heterocycles. The summed E-state index contributed by atoms with van der Waals surface area (Å²) in [5, 5.41) is 8.36. The van der Waals surface area contributed by atoms with Gasteiger partial charge in [0.1, 0.15) is 5.75 Å². The topological polar surface area (TPSA) is 58.2 Å². The summed E-state index contributed by atoms with van der Waals surface area (Å²) < 4.78 is 6.03. The lowest BCUT2D eigenvalue weighted by atomic mass is 9.88. The molecule has 0 saturated heterocycles. The Labute approximate surface area is 220 Å². The van der Waals surface area contributed by atoms with E-state index in [1.165, 1.54) is 27.8 Å². The summed E-state index contributed by atoms with van der Waals surface area (Å²) in [5.74, 6) is 1.09. The van der Waals surface area contributed by atoms with Gasteiger partial charge in [0.15, 0.2) is 0 Å². The minimum atomic E-state index is 0.202. The number of hydrogen-bond acceptors (Lipinski definition) is 3. The number of nitrogens with one attached hydrogen (secondary N) is 1. The van der Waals surface area contributed by atoms with Crippen molar-refractivity contribution in [3.05, 3.63) is 95.7 Å². The van der Waals surface area contributed by atoms with Crippen LogP contribution in [0.3, 0.4) is 0 Å². The van der Waals surface area contributed by atoms with Crippen LogP contribution in [0, 0.1) is 0 Å².